The Bertz CT molecular complexity index is 650. The molecule has 2 rings (SSSR count). The zero-order valence-electron chi connectivity index (χ0n) is 11.7. The van der Waals surface area contributed by atoms with Gasteiger partial charge in [-0.25, -0.2) is 17.9 Å². The number of carbonyl (C=O) groups excluding carboxylic acids is 1. The Hall–Kier alpha value is -1.97. The van der Waals surface area contributed by atoms with Gasteiger partial charge in [0.05, 0.1) is 30.2 Å². The molecule has 0 atom stereocenters. The van der Waals surface area contributed by atoms with Crippen molar-refractivity contribution in [1.82, 2.24) is 9.62 Å². The van der Waals surface area contributed by atoms with Gasteiger partial charge in [-0.15, -0.1) is 0 Å². The first-order valence-corrected chi connectivity index (χ1v) is 8.07. The molecule has 1 aliphatic heterocycles. The zero-order valence-corrected chi connectivity index (χ0v) is 12.5. The fourth-order valence-corrected chi connectivity index (χ4v) is 2.92. The van der Waals surface area contributed by atoms with E-state index in [0.29, 0.717) is 26.3 Å². The van der Waals surface area contributed by atoms with Crippen LogP contribution in [-0.2, 0) is 19.6 Å². The molecule has 1 aromatic rings. The summed E-state index contributed by atoms with van der Waals surface area (Å²) >= 11 is 0. The van der Waals surface area contributed by atoms with Crippen LogP contribution in [0.3, 0.4) is 0 Å². The fraction of sp³-hybridized carbons (Fsp3) is 0.385. The number of benzene rings is 1. The van der Waals surface area contributed by atoms with Gasteiger partial charge in [0.2, 0.25) is 15.9 Å². The molecule has 0 radical (unpaired) electrons. The Labute approximate surface area is 127 Å². The average molecular weight is 328 g/mol. The van der Waals surface area contributed by atoms with Crippen LogP contribution in [0.1, 0.15) is 10.4 Å². The molecular formula is C13H16N2O6S. The highest BCUT2D eigenvalue weighted by molar-refractivity contribution is 7.89. The van der Waals surface area contributed by atoms with Crippen LogP contribution in [-0.4, -0.2) is 63.1 Å². The maximum atomic E-state index is 12.0. The molecule has 2 N–H and O–H groups in total. The summed E-state index contributed by atoms with van der Waals surface area (Å²) in [4.78, 5) is 24.0. The second-order valence-corrected chi connectivity index (χ2v) is 6.41. The van der Waals surface area contributed by atoms with Gasteiger partial charge in [0.1, 0.15) is 0 Å². The lowest BCUT2D eigenvalue weighted by Gasteiger charge is -2.26. The van der Waals surface area contributed by atoms with E-state index in [1.54, 1.807) is 0 Å². The monoisotopic (exact) mass is 328 g/mol. The normalized spacial score (nSPS) is 15.5. The average Bonchev–Trinajstić information content (AvgIpc) is 2.53. The maximum Gasteiger partial charge on any atom is 0.335 e. The minimum Gasteiger partial charge on any atom is -0.478 e. The van der Waals surface area contributed by atoms with Crippen LogP contribution in [0.5, 0.6) is 0 Å². The minimum atomic E-state index is -3.86. The smallest absolute Gasteiger partial charge is 0.335 e. The van der Waals surface area contributed by atoms with Crippen LogP contribution in [0.25, 0.3) is 0 Å². The van der Waals surface area contributed by atoms with Crippen molar-refractivity contribution in [3.63, 3.8) is 0 Å². The van der Waals surface area contributed by atoms with Crippen molar-refractivity contribution >= 4 is 21.9 Å². The van der Waals surface area contributed by atoms with Gasteiger partial charge < -0.3 is 14.7 Å². The molecule has 1 fully saturated rings. The number of ether oxygens (including phenoxy) is 1. The number of morpholine rings is 1. The van der Waals surface area contributed by atoms with Crippen LogP contribution in [0.4, 0.5) is 0 Å². The molecule has 0 spiro atoms. The van der Waals surface area contributed by atoms with E-state index in [0.717, 1.165) is 0 Å². The number of nitrogens with one attached hydrogen (secondary N) is 1. The second-order valence-electron chi connectivity index (χ2n) is 4.65. The van der Waals surface area contributed by atoms with E-state index in [1.165, 1.54) is 29.2 Å². The summed E-state index contributed by atoms with van der Waals surface area (Å²) in [5, 5.41) is 8.77. The third kappa shape index (κ3) is 4.03. The highest BCUT2D eigenvalue weighted by Gasteiger charge is 2.20. The highest BCUT2D eigenvalue weighted by atomic mass is 32.2. The van der Waals surface area contributed by atoms with Crippen LogP contribution in [0.15, 0.2) is 29.2 Å². The molecule has 120 valence electrons. The number of amides is 1. The number of hydrogen-bond acceptors (Lipinski definition) is 5. The summed E-state index contributed by atoms with van der Waals surface area (Å²) in [5.74, 6) is -1.46. The topological polar surface area (TPSA) is 113 Å². The molecule has 1 aliphatic rings. The fourth-order valence-electron chi connectivity index (χ4n) is 1.94. The van der Waals surface area contributed by atoms with Crippen LogP contribution >= 0.6 is 0 Å². The molecule has 22 heavy (non-hydrogen) atoms. The van der Waals surface area contributed by atoms with E-state index >= 15 is 0 Å². The Morgan fingerprint density at radius 2 is 1.77 bits per heavy atom. The van der Waals surface area contributed by atoms with Gasteiger partial charge in [-0.1, -0.05) is 0 Å². The molecule has 0 aromatic heterocycles. The molecular weight excluding hydrogens is 312 g/mol. The second kappa shape index (κ2) is 6.86. The van der Waals surface area contributed by atoms with E-state index in [-0.39, 0.29) is 22.9 Å². The number of aromatic carboxylic acids is 1. The number of nitrogens with zero attached hydrogens (tertiary/aromatic N) is 1. The maximum absolute atomic E-state index is 12.0. The Morgan fingerprint density at radius 3 is 2.32 bits per heavy atom. The SMILES string of the molecule is O=C(O)c1ccc(S(=O)(=O)NCC(=O)N2CCOCC2)cc1. The Morgan fingerprint density at radius 1 is 1.18 bits per heavy atom. The number of carboxylic acid groups (broad SMARTS) is 1. The van der Waals surface area contributed by atoms with Crippen molar-refractivity contribution in [2.24, 2.45) is 0 Å². The summed E-state index contributed by atoms with van der Waals surface area (Å²) in [7, 11) is -3.86. The first-order chi connectivity index (χ1) is 10.4. The lowest BCUT2D eigenvalue weighted by molar-refractivity contribution is -0.133. The van der Waals surface area contributed by atoms with Crippen molar-refractivity contribution in [3.8, 4) is 0 Å². The third-order valence-corrected chi connectivity index (χ3v) is 4.61. The molecule has 1 amide bonds. The van der Waals surface area contributed by atoms with Crippen LogP contribution in [0.2, 0.25) is 0 Å². The van der Waals surface area contributed by atoms with E-state index in [2.05, 4.69) is 4.72 Å². The predicted molar refractivity (Wildman–Crippen MR) is 76.0 cm³/mol. The summed E-state index contributed by atoms with van der Waals surface area (Å²) in [6.45, 7) is 1.41. The summed E-state index contributed by atoms with van der Waals surface area (Å²) in [5.41, 5.74) is -0.0108. The first-order valence-electron chi connectivity index (χ1n) is 6.59. The van der Waals surface area contributed by atoms with Crippen molar-refractivity contribution in [2.75, 3.05) is 32.8 Å². The molecule has 9 heteroatoms. The van der Waals surface area contributed by atoms with Crippen molar-refractivity contribution in [1.29, 1.82) is 0 Å². The summed E-state index contributed by atoms with van der Waals surface area (Å²) < 4.78 is 31.4. The Kier molecular flexibility index (Phi) is 5.11. The number of carboxylic acids is 1. The van der Waals surface area contributed by atoms with Gasteiger partial charge in [-0.2, -0.15) is 0 Å². The predicted octanol–water partition coefficient (Wildman–Crippen LogP) is -0.478. The molecule has 8 nitrogen and oxygen atoms in total. The van der Waals surface area contributed by atoms with E-state index in [1.807, 2.05) is 0 Å². The standard InChI is InChI=1S/C13H16N2O6S/c16-12(15-5-7-21-8-6-15)9-14-22(19,20)11-3-1-10(2-4-11)13(17)18/h1-4,14H,5-9H2,(H,17,18). The molecule has 0 aliphatic carbocycles. The molecule has 0 unspecified atom stereocenters. The van der Waals surface area contributed by atoms with E-state index < -0.39 is 16.0 Å². The van der Waals surface area contributed by atoms with Gasteiger partial charge in [0.25, 0.3) is 0 Å². The summed E-state index contributed by atoms with van der Waals surface area (Å²) in [6.07, 6.45) is 0. The van der Waals surface area contributed by atoms with Crippen molar-refractivity contribution in [3.05, 3.63) is 29.8 Å². The van der Waals surface area contributed by atoms with Gasteiger partial charge in [-0.3, -0.25) is 4.79 Å². The van der Waals surface area contributed by atoms with Crippen molar-refractivity contribution in [2.45, 2.75) is 4.90 Å². The number of sulfonamides is 1. The van der Waals surface area contributed by atoms with Gasteiger partial charge in [0, 0.05) is 13.1 Å². The van der Waals surface area contributed by atoms with Crippen molar-refractivity contribution < 1.29 is 27.9 Å². The molecule has 1 heterocycles. The van der Waals surface area contributed by atoms with E-state index in [4.69, 9.17) is 9.84 Å². The van der Waals surface area contributed by atoms with Crippen LogP contribution < -0.4 is 4.72 Å². The summed E-state index contributed by atoms with van der Waals surface area (Å²) in [6, 6.07) is 4.76. The number of hydrogen-bond donors (Lipinski definition) is 2. The molecule has 0 bridgehead atoms. The minimum absolute atomic E-state index is 0.0108. The quantitative estimate of drug-likeness (QED) is 0.755. The molecule has 1 saturated heterocycles. The third-order valence-electron chi connectivity index (χ3n) is 3.19. The zero-order chi connectivity index (χ0) is 16.2. The molecule has 0 saturated carbocycles. The molecule has 1 aromatic carbocycles. The first kappa shape index (κ1) is 16.4. The number of carbonyl (C=O) groups is 2. The van der Waals surface area contributed by atoms with E-state index in [9.17, 15) is 18.0 Å². The Balaban J connectivity index is 1.98. The lowest BCUT2D eigenvalue weighted by atomic mass is 10.2. The lowest BCUT2D eigenvalue weighted by Crippen LogP contribution is -2.45. The van der Waals surface area contributed by atoms with Gasteiger partial charge in [-0.05, 0) is 24.3 Å². The largest absolute Gasteiger partial charge is 0.478 e. The van der Waals surface area contributed by atoms with Gasteiger partial charge in [0.15, 0.2) is 0 Å². The number of rotatable bonds is 5. The van der Waals surface area contributed by atoms with Gasteiger partial charge >= 0.3 is 5.97 Å². The highest BCUT2D eigenvalue weighted by Crippen LogP contribution is 2.10. The van der Waals surface area contributed by atoms with Crippen LogP contribution in [0, 0.1) is 0 Å².